The second kappa shape index (κ2) is 7.00. The van der Waals surface area contributed by atoms with Gasteiger partial charge in [0.2, 0.25) is 5.88 Å². The molecule has 0 saturated carbocycles. The number of hydrogen-bond acceptors (Lipinski definition) is 3. The van der Waals surface area contributed by atoms with Crippen LogP contribution >= 0.6 is 0 Å². The molecule has 0 aliphatic heterocycles. The zero-order valence-corrected chi connectivity index (χ0v) is 14.6. The van der Waals surface area contributed by atoms with E-state index in [1.165, 1.54) is 11.1 Å². The Morgan fingerprint density at radius 3 is 2.46 bits per heavy atom. The molecule has 0 spiro atoms. The average molecular weight is 320 g/mol. The first-order valence-corrected chi connectivity index (χ1v) is 8.52. The van der Waals surface area contributed by atoms with Crippen molar-refractivity contribution in [1.29, 1.82) is 0 Å². The molecule has 2 aromatic carbocycles. The Morgan fingerprint density at radius 2 is 1.71 bits per heavy atom. The first-order chi connectivity index (χ1) is 11.6. The molecule has 0 bridgehead atoms. The maximum Gasteiger partial charge on any atom is 0.224 e. The Kier molecular flexibility index (Phi) is 4.79. The van der Waals surface area contributed by atoms with Crippen molar-refractivity contribution in [3.05, 3.63) is 66.0 Å². The van der Waals surface area contributed by atoms with Gasteiger partial charge in [-0.1, -0.05) is 57.2 Å². The summed E-state index contributed by atoms with van der Waals surface area (Å²) in [4.78, 5) is 8.52. The number of hydrogen-bond donors (Lipinski definition) is 0. The van der Waals surface area contributed by atoms with Crippen LogP contribution in [-0.4, -0.2) is 16.6 Å². The molecule has 0 aliphatic rings. The minimum absolute atomic E-state index is 0.231. The predicted octanol–water partition coefficient (Wildman–Crippen LogP) is 4.94. The average Bonchev–Trinajstić information content (AvgIpc) is 2.62. The molecule has 0 N–H and O–H groups in total. The first-order valence-electron chi connectivity index (χ1n) is 8.52. The molecular weight excluding hydrogens is 296 g/mol. The quantitative estimate of drug-likeness (QED) is 0.645. The van der Waals surface area contributed by atoms with Crippen molar-refractivity contribution in [3.8, 4) is 5.88 Å². The van der Waals surface area contributed by atoms with E-state index < -0.39 is 0 Å². The minimum atomic E-state index is 0.231. The third-order valence-electron chi connectivity index (χ3n) is 4.76. The molecule has 3 nitrogen and oxygen atoms in total. The molecule has 3 aromatic rings. The number of rotatable bonds is 6. The Labute approximate surface area is 143 Å². The molecule has 0 radical (unpaired) electrons. The van der Waals surface area contributed by atoms with Crippen LogP contribution in [0.15, 0.2) is 54.9 Å². The summed E-state index contributed by atoms with van der Waals surface area (Å²) >= 11 is 0. The van der Waals surface area contributed by atoms with Crippen LogP contribution in [0.4, 0.5) is 0 Å². The molecule has 0 fully saturated rings. The van der Waals surface area contributed by atoms with E-state index in [1.807, 2.05) is 24.3 Å². The molecule has 1 heterocycles. The lowest BCUT2D eigenvalue weighted by atomic mass is 9.82. The molecule has 0 unspecified atom stereocenters. The van der Waals surface area contributed by atoms with Gasteiger partial charge in [-0.15, -0.1) is 0 Å². The number of fused-ring (bicyclic) bond motifs is 1. The van der Waals surface area contributed by atoms with Crippen LogP contribution in [0.1, 0.15) is 38.3 Å². The summed E-state index contributed by atoms with van der Waals surface area (Å²) in [6.07, 6.45) is 3.56. The summed E-state index contributed by atoms with van der Waals surface area (Å²) in [6.45, 7) is 7.40. The van der Waals surface area contributed by atoms with Crippen molar-refractivity contribution >= 4 is 10.9 Å². The number of ether oxygens (including phenoxy) is 1. The van der Waals surface area contributed by atoms with Gasteiger partial charge in [0.1, 0.15) is 6.33 Å². The SMILES string of the molecule is CCC(C)(C)c1ccc(CCOc2ncnc3ccccc23)cc1. The van der Waals surface area contributed by atoms with Crippen LogP contribution in [0.3, 0.4) is 0 Å². The summed E-state index contributed by atoms with van der Waals surface area (Å²) in [7, 11) is 0. The topological polar surface area (TPSA) is 35.0 Å². The van der Waals surface area contributed by atoms with Crippen molar-refractivity contribution in [2.24, 2.45) is 0 Å². The highest BCUT2D eigenvalue weighted by Gasteiger charge is 2.17. The normalized spacial score (nSPS) is 11.6. The molecule has 0 atom stereocenters. The van der Waals surface area contributed by atoms with Gasteiger partial charge in [-0.25, -0.2) is 9.97 Å². The largest absolute Gasteiger partial charge is 0.477 e. The van der Waals surface area contributed by atoms with Crippen LogP contribution in [0, 0.1) is 0 Å². The first kappa shape index (κ1) is 16.4. The molecule has 3 rings (SSSR count). The van der Waals surface area contributed by atoms with Crippen LogP contribution in [-0.2, 0) is 11.8 Å². The maximum atomic E-state index is 5.89. The minimum Gasteiger partial charge on any atom is -0.477 e. The predicted molar refractivity (Wildman–Crippen MR) is 98.5 cm³/mol. The molecule has 124 valence electrons. The molecule has 3 heteroatoms. The van der Waals surface area contributed by atoms with Gasteiger partial charge in [0.05, 0.1) is 17.5 Å². The Bertz CT molecular complexity index is 804. The van der Waals surface area contributed by atoms with E-state index in [2.05, 4.69) is 55.0 Å². The number of benzene rings is 2. The third-order valence-corrected chi connectivity index (χ3v) is 4.76. The van der Waals surface area contributed by atoms with Crippen molar-refractivity contribution < 1.29 is 4.74 Å². The smallest absolute Gasteiger partial charge is 0.224 e. The summed E-state index contributed by atoms with van der Waals surface area (Å²) in [5.74, 6) is 0.657. The number of para-hydroxylation sites is 1. The molecule has 1 aromatic heterocycles. The second-order valence-electron chi connectivity index (χ2n) is 6.73. The summed E-state index contributed by atoms with van der Waals surface area (Å²) in [6, 6.07) is 16.8. The third kappa shape index (κ3) is 3.56. The van der Waals surface area contributed by atoms with Gasteiger partial charge in [-0.2, -0.15) is 0 Å². The second-order valence-corrected chi connectivity index (χ2v) is 6.73. The standard InChI is InChI=1S/C21H24N2O/c1-4-21(2,3)17-11-9-16(10-12-17)13-14-24-20-18-7-5-6-8-19(18)22-15-23-20/h5-12,15H,4,13-14H2,1-3H3. The zero-order chi connectivity index (χ0) is 17.0. The van der Waals surface area contributed by atoms with E-state index in [0.29, 0.717) is 12.5 Å². The van der Waals surface area contributed by atoms with Gasteiger partial charge >= 0.3 is 0 Å². The highest BCUT2D eigenvalue weighted by atomic mass is 16.5. The van der Waals surface area contributed by atoms with Crippen molar-refractivity contribution in [1.82, 2.24) is 9.97 Å². The van der Waals surface area contributed by atoms with Crippen LogP contribution < -0.4 is 4.74 Å². The molecular formula is C21H24N2O. The van der Waals surface area contributed by atoms with E-state index in [0.717, 1.165) is 23.7 Å². The summed E-state index contributed by atoms with van der Waals surface area (Å²) in [5, 5.41) is 0.958. The highest BCUT2D eigenvalue weighted by Crippen LogP contribution is 2.27. The maximum absolute atomic E-state index is 5.89. The van der Waals surface area contributed by atoms with Crippen LogP contribution in [0.25, 0.3) is 10.9 Å². The van der Waals surface area contributed by atoms with E-state index in [1.54, 1.807) is 6.33 Å². The summed E-state index contributed by atoms with van der Waals surface area (Å²) in [5.41, 5.74) is 3.81. The fourth-order valence-electron chi connectivity index (χ4n) is 2.69. The van der Waals surface area contributed by atoms with Crippen molar-refractivity contribution in [3.63, 3.8) is 0 Å². The lowest BCUT2D eigenvalue weighted by molar-refractivity contribution is 0.313. The number of aromatic nitrogens is 2. The Morgan fingerprint density at radius 1 is 0.958 bits per heavy atom. The Balaban J connectivity index is 1.64. The van der Waals surface area contributed by atoms with E-state index >= 15 is 0 Å². The fourth-order valence-corrected chi connectivity index (χ4v) is 2.69. The fraction of sp³-hybridized carbons (Fsp3) is 0.333. The summed E-state index contributed by atoms with van der Waals surface area (Å²) < 4.78 is 5.89. The molecule has 0 aliphatic carbocycles. The van der Waals surface area contributed by atoms with Crippen molar-refractivity contribution in [2.75, 3.05) is 6.61 Å². The Hall–Kier alpha value is -2.42. The zero-order valence-electron chi connectivity index (χ0n) is 14.6. The van der Waals surface area contributed by atoms with Crippen molar-refractivity contribution in [2.45, 2.75) is 39.0 Å². The van der Waals surface area contributed by atoms with Gasteiger partial charge in [-0.05, 0) is 35.1 Å². The molecule has 0 amide bonds. The van der Waals surface area contributed by atoms with E-state index in [4.69, 9.17) is 4.74 Å². The van der Waals surface area contributed by atoms with Gasteiger partial charge in [0.15, 0.2) is 0 Å². The lowest BCUT2D eigenvalue weighted by Crippen LogP contribution is -2.15. The van der Waals surface area contributed by atoms with Crippen LogP contribution in [0.2, 0.25) is 0 Å². The van der Waals surface area contributed by atoms with E-state index in [9.17, 15) is 0 Å². The number of nitrogens with zero attached hydrogens (tertiary/aromatic N) is 2. The van der Waals surface area contributed by atoms with Gasteiger partial charge in [0, 0.05) is 6.42 Å². The van der Waals surface area contributed by atoms with Gasteiger partial charge < -0.3 is 4.74 Å². The molecule has 0 saturated heterocycles. The van der Waals surface area contributed by atoms with Gasteiger partial charge in [0.25, 0.3) is 0 Å². The lowest BCUT2D eigenvalue weighted by Gasteiger charge is -2.23. The van der Waals surface area contributed by atoms with E-state index in [-0.39, 0.29) is 5.41 Å². The monoisotopic (exact) mass is 320 g/mol. The highest BCUT2D eigenvalue weighted by molar-refractivity contribution is 5.82. The van der Waals surface area contributed by atoms with Gasteiger partial charge in [-0.3, -0.25) is 0 Å². The molecule has 24 heavy (non-hydrogen) atoms. The van der Waals surface area contributed by atoms with Crippen LogP contribution in [0.5, 0.6) is 5.88 Å².